The number of alkyl carbamates (subject to hydrolysis) is 1. The summed E-state index contributed by atoms with van der Waals surface area (Å²) in [5.74, 6) is 0. The third-order valence-electron chi connectivity index (χ3n) is 2.75. The molecule has 0 radical (unpaired) electrons. The van der Waals surface area contributed by atoms with Gasteiger partial charge in [-0.3, -0.25) is 0 Å². The first kappa shape index (κ1) is 11.3. The highest BCUT2D eigenvalue weighted by molar-refractivity contribution is 5.70. The minimum absolute atomic E-state index is 0.247. The third-order valence-corrected chi connectivity index (χ3v) is 2.75. The maximum atomic E-state index is 10.9. The van der Waals surface area contributed by atoms with Gasteiger partial charge in [-0.05, 0) is 19.8 Å². The number of nitrogens with one attached hydrogen (secondary N) is 1. The number of hydrogen-bond donors (Lipinski definition) is 1. The molecule has 1 amide bonds. The van der Waals surface area contributed by atoms with E-state index in [1.807, 2.05) is 6.92 Å². The maximum Gasteiger partial charge on any atom is 0.407 e. The van der Waals surface area contributed by atoms with Gasteiger partial charge in [0.2, 0.25) is 0 Å². The fourth-order valence-corrected chi connectivity index (χ4v) is 1.80. The van der Waals surface area contributed by atoms with Crippen molar-refractivity contribution in [1.29, 1.82) is 0 Å². The molecule has 1 fully saturated rings. The van der Waals surface area contributed by atoms with Gasteiger partial charge in [0, 0.05) is 0 Å². The van der Waals surface area contributed by atoms with E-state index in [2.05, 4.69) is 12.2 Å². The standard InChI is InChI=1S/C11H21NO2/c1-3-4-5-6-7-8-11(2)9-12-10(13)14-11/h3-9H2,1-2H3,(H,12,13)/t11-/m1/s1. The van der Waals surface area contributed by atoms with E-state index in [1.165, 1.54) is 25.7 Å². The van der Waals surface area contributed by atoms with E-state index in [1.54, 1.807) is 0 Å². The SMILES string of the molecule is CCCCCCC[C@]1(C)CNC(=O)O1. The number of rotatable bonds is 6. The minimum atomic E-state index is -0.263. The van der Waals surface area contributed by atoms with E-state index in [9.17, 15) is 4.79 Å². The van der Waals surface area contributed by atoms with Crippen LogP contribution in [0.1, 0.15) is 52.4 Å². The maximum absolute atomic E-state index is 10.9. The average Bonchev–Trinajstić information content (AvgIpc) is 2.47. The van der Waals surface area contributed by atoms with E-state index >= 15 is 0 Å². The lowest BCUT2D eigenvalue weighted by Gasteiger charge is -2.20. The molecule has 0 aromatic carbocycles. The second-order valence-corrected chi connectivity index (χ2v) is 4.36. The van der Waals surface area contributed by atoms with Crippen molar-refractivity contribution in [2.45, 2.75) is 58.0 Å². The summed E-state index contributed by atoms with van der Waals surface area (Å²) in [6.07, 6.45) is 7.01. The molecular weight excluding hydrogens is 178 g/mol. The van der Waals surface area contributed by atoms with Crippen LogP contribution in [-0.4, -0.2) is 18.2 Å². The van der Waals surface area contributed by atoms with Gasteiger partial charge in [0.05, 0.1) is 6.54 Å². The number of carbonyl (C=O) groups excluding carboxylic acids is 1. The summed E-state index contributed by atoms with van der Waals surface area (Å²) in [4.78, 5) is 10.9. The number of ether oxygens (including phenoxy) is 1. The van der Waals surface area contributed by atoms with Crippen molar-refractivity contribution in [2.24, 2.45) is 0 Å². The highest BCUT2D eigenvalue weighted by Gasteiger charge is 2.34. The van der Waals surface area contributed by atoms with Crippen molar-refractivity contribution in [3.63, 3.8) is 0 Å². The molecule has 1 heterocycles. The Kier molecular flexibility index (Phi) is 4.23. The Morgan fingerprint density at radius 1 is 1.36 bits per heavy atom. The zero-order chi connectivity index (χ0) is 10.4. The molecule has 82 valence electrons. The van der Waals surface area contributed by atoms with Gasteiger partial charge in [0.15, 0.2) is 0 Å². The Morgan fingerprint density at radius 3 is 2.64 bits per heavy atom. The van der Waals surface area contributed by atoms with E-state index in [-0.39, 0.29) is 11.7 Å². The molecule has 0 spiro atoms. The van der Waals surface area contributed by atoms with Crippen LogP contribution >= 0.6 is 0 Å². The number of cyclic esters (lactones) is 1. The van der Waals surface area contributed by atoms with Crippen LogP contribution in [0.25, 0.3) is 0 Å². The van der Waals surface area contributed by atoms with E-state index in [0.29, 0.717) is 6.54 Å². The highest BCUT2D eigenvalue weighted by Crippen LogP contribution is 2.22. The smallest absolute Gasteiger partial charge is 0.407 e. The Bertz CT molecular complexity index is 194. The summed E-state index contributed by atoms with van der Waals surface area (Å²) in [5.41, 5.74) is -0.247. The van der Waals surface area contributed by atoms with Gasteiger partial charge in [0.25, 0.3) is 0 Å². The van der Waals surface area contributed by atoms with Crippen LogP contribution < -0.4 is 5.32 Å². The van der Waals surface area contributed by atoms with Crippen LogP contribution in [0.5, 0.6) is 0 Å². The molecule has 0 bridgehead atoms. The lowest BCUT2D eigenvalue weighted by molar-refractivity contribution is 0.0629. The van der Waals surface area contributed by atoms with Crippen LogP contribution in [0.3, 0.4) is 0 Å². The molecular formula is C11H21NO2. The van der Waals surface area contributed by atoms with Crippen LogP contribution in [-0.2, 0) is 4.74 Å². The largest absolute Gasteiger partial charge is 0.441 e. The predicted octanol–water partition coefficient (Wildman–Crippen LogP) is 2.85. The summed E-state index contributed by atoms with van der Waals surface area (Å²) < 4.78 is 5.21. The topological polar surface area (TPSA) is 38.3 Å². The van der Waals surface area contributed by atoms with Crippen LogP contribution in [0.15, 0.2) is 0 Å². The number of carbonyl (C=O) groups is 1. The predicted molar refractivity (Wildman–Crippen MR) is 56.3 cm³/mol. The Labute approximate surface area is 86.2 Å². The second-order valence-electron chi connectivity index (χ2n) is 4.36. The van der Waals surface area contributed by atoms with Crippen molar-refractivity contribution < 1.29 is 9.53 Å². The minimum Gasteiger partial charge on any atom is -0.441 e. The molecule has 14 heavy (non-hydrogen) atoms. The molecule has 0 unspecified atom stereocenters. The molecule has 1 atom stereocenters. The summed E-state index contributed by atoms with van der Waals surface area (Å²) in [6.45, 7) is 4.88. The molecule has 0 aromatic rings. The van der Waals surface area contributed by atoms with Crippen LogP contribution in [0, 0.1) is 0 Å². The van der Waals surface area contributed by atoms with Gasteiger partial charge in [-0.15, -0.1) is 0 Å². The van der Waals surface area contributed by atoms with Crippen molar-refractivity contribution in [3.05, 3.63) is 0 Å². The van der Waals surface area contributed by atoms with Gasteiger partial charge in [-0.25, -0.2) is 4.79 Å². The van der Waals surface area contributed by atoms with Gasteiger partial charge in [-0.2, -0.15) is 0 Å². The normalized spacial score (nSPS) is 26.0. The Hall–Kier alpha value is -0.730. The molecule has 3 heteroatoms. The fraction of sp³-hybridized carbons (Fsp3) is 0.909. The summed E-state index contributed by atoms with van der Waals surface area (Å²) in [7, 11) is 0. The molecule has 0 aromatic heterocycles. The Balaban J connectivity index is 2.08. The van der Waals surface area contributed by atoms with Crippen molar-refractivity contribution >= 4 is 6.09 Å². The molecule has 1 rings (SSSR count). The van der Waals surface area contributed by atoms with Crippen LogP contribution in [0.2, 0.25) is 0 Å². The molecule has 1 aliphatic rings. The molecule has 1 aliphatic heterocycles. The number of unbranched alkanes of at least 4 members (excludes halogenated alkanes) is 4. The van der Waals surface area contributed by atoms with E-state index in [0.717, 1.165) is 12.8 Å². The quantitative estimate of drug-likeness (QED) is 0.668. The van der Waals surface area contributed by atoms with Gasteiger partial charge in [-0.1, -0.05) is 32.6 Å². The molecule has 0 saturated carbocycles. The van der Waals surface area contributed by atoms with Crippen molar-refractivity contribution in [1.82, 2.24) is 5.32 Å². The first-order valence-electron chi connectivity index (χ1n) is 5.63. The number of amides is 1. The summed E-state index contributed by atoms with van der Waals surface area (Å²) in [6, 6.07) is 0. The highest BCUT2D eigenvalue weighted by atomic mass is 16.6. The van der Waals surface area contributed by atoms with Crippen molar-refractivity contribution in [3.8, 4) is 0 Å². The monoisotopic (exact) mass is 199 g/mol. The Morgan fingerprint density at radius 2 is 2.07 bits per heavy atom. The molecule has 1 N–H and O–H groups in total. The molecule has 1 saturated heterocycles. The lowest BCUT2D eigenvalue weighted by Crippen LogP contribution is -2.28. The zero-order valence-electron chi connectivity index (χ0n) is 9.27. The average molecular weight is 199 g/mol. The van der Waals surface area contributed by atoms with Crippen molar-refractivity contribution in [2.75, 3.05) is 6.54 Å². The van der Waals surface area contributed by atoms with E-state index < -0.39 is 0 Å². The lowest BCUT2D eigenvalue weighted by atomic mass is 9.98. The fourth-order valence-electron chi connectivity index (χ4n) is 1.80. The first-order chi connectivity index (χ1) is 6.66. The van der Waals surface area contributed by atoms with E-state index in [4.69, 9.17) is 4.74 Å². The summed E-state index contributed by atoms with van der Waals surface area (Å²) in [5, 5.41) is 2.70. The van der Waals surface area contributed by atoms with Crippen LogP contribution in [0.4, 0.5) is 4.79 Å². The zero-order valence-corrected chi connectivity index (χ0v) is 9.27. The van der Waals surface area contributed by atoms with Gasteiger partial charge < -0.3 is 10.1 Å². The third kappa shape index (κ3) is 3.56. The van der Waals surface area contributed by atoms with Gasteiger partial charge >= 0.3 is 6.09 Å². The molecule has 0 aliphatic carbocycles. The molecule has 3 nitrogen and oxygen atoms in total. The van der Waals surface area contributed by atoms with Gasteiger partial charge in [0.1, 0.15) is 5.60 Å². The summed E-state index contributed by atoms with van der Waals surface area (Å²) >= 11 is 0. The number of hydrogen-bond acceptors (Lipinski definition) is 2. The second kappa shape index (κ2) is 5.23. The first-order valence-corrected chi connectivity index (χ1v) is 5.63.